The van der Waals surface area contributed by atoms with Crippen LogP contribution in [0.2, 0.25) is 0 Å². The maximum atomic E-state index is 10.3. The Morgan fingerprint density at radius 2 is 1.58 bits per heavy atom. The molecule has 6 heteroatoms. The third-order valence-electron chi connectivity index (χ3n) is 2.79. The van der Waals surface area contributed by atoms with Crippen molar-refractivity contribution in [3.63, 3.8) is 0 Å². The van der Waals surface area contributed by atoms with E-state index in [1.54, 1.807) is 0 Å². The molecule has 0 saturated carbocycles. The van der Waals surface area contributed by atoms with E-state index in [1.807, 2.05) is 0 Å². The molecule has 0 unspecified atom stereocenters. The summed E-state index contributed by atoms with van der Waals surface area (Å²) in [7, 11) is 0. The molecule has 0 atom stereocenters. The lowest BCUT2D eigenvalue weighted by atomic mass is 10.1. The number of carboxylic acid groups (broad SMARTS) is 1. The van der Waals surface area contributed by atoms with E-state index in [9.17, 15) is 4.79 Å². The summed E-state index contributed by atoms with van der Waals surface area (Å²) in [5.41, 5.74) is 8.08. The smallest absolute Gasteiger partial charge is 0.303 e. The molecule has 0 aromatic carbocycles. The van der Waals surface area contributed by atoms with Crippen molar-refractivity contribution >= 4 is 5.97 Å². The first-order valence-electron chi connectivity index (χ1n) is 7.07. The normalized spacial score (nSPS) is 10.1. The predicted molar refractivity (Wildman–Crippen MR) is 74.0 cm³/mol. The molecule has 0 fully saturated rings. The Hall–Kier alpha value is -1.26. The molecule has 0 bridgehead atoms. The zero-order chi connectivity index (χ0) is 14.2. The van der Waals surface area contributed by atoms with Crippen LogP contribution in [0, 0.1) is 0 Å². The number of rotatable bonds is 14. The molecule has 19 heavy (non-hydrogen) atoms. The lowest BCUT2D eigenvalue weighted by molar-refractivity contribution is -0.137. The minimum atomic E-state index is -0.721. The van der Waals surface area contributed by atoms with Crippen LogP contribution in [0.4, 0.5) is 0 Å². The van der Waals surface area contributed by atoms with Gasteiger partial charge in [0.25, 0.3) is 0 Å². The fourth-order valence-corrected chi connectivity index (χ4v) is 1.72. The minimum Gasteiger partial charge on any atom is -0.481 e. The Kier molecular flexibility index (Phi) is 13.8. The van der Waals surface area contributed by atoms with Crippen LogP contribution in [0.15, 0.2) is 5.11 Å². The summed E-state index contributed by atoms with van der Waals surface area (Å²) >= 11 is 0. The van der Waals surface area contributed by atoms with E-state index in [0.717, 1.165) is 64.6 Å². The van der Waals surface area contributed by atoms with E-state index in [1.165, 1.54) is 0 Å². The van der Waals surface area contributed by atoms with Gasteiger partial charge in [-0.25, -0.2) is 0 Å². The van der Waals surface area contributed by atoms with Gasteiger partial charge in [0.15, 0.2) is 0 Å². The van der Waals surface area contributed by atoms with Gasteiger partial charge in [-0.05, 0) is 31.2 Å². The van der Waals surface area contributed by atoms with Crippen LogP contribution in [0.25, 0.3) is 10.4 Å². The molecular formula is C13H25N3O3. The number of unbranched alkanes of at least 4 members (excludes halogenated alkanes) is 6. The van der Waals surface area contributed by atoms with Crippen LogP contribution in [0.1, 0.15) is 57.8 Å². The van der Waals surface area contributed by atoms with Gasteiger partial charge in [-0.3, -0.25) is 4.79 Å². The van der Waals surface area contributed by atoms with Gasteiger partial charge in [-0.2, -0.15) is 0 Å². The first-order valence-corrected chi connectivity index (χ1v) is 7.07. The number of nitrogens with zero attached hydrogens (tertiary/aromatic N) is 3. The highest BCUT2D eigenvalue weighted by molar-refractivity contribution is 5.66. The third kappa shape index (κ3) is 16.7. The van der Waals surface area contributed by atoms with Gasteiger partial charge in [0.1, 0.15) is 0 Å². The monoisotopic (exact) mass is 271 g/mol. The van der Waals surface area contributed by atoms with Crippen molar-refractivity contribution in [1.82, 2.24) is 0 Å². The third-order valence-corrected chi connectivity index (χ3v) is 2.79. The van der Waals surface area contributed by atoms with Crippen molar-refractivity contribution in [2.45, 2.75) is 57.8 Å². The lowest BCUT2D eigenvalue weighted by Gasteiger charge is -2.04. The Balaban J connectivity index is 2.99. The van der Waals surface area contributed by atoms with Gasteiger partial charge in [-0.15, -0.1) is 0 Å². The fourth-order valence-electron chi connectivity index (χ4n) is 1.72. The van der Waals surface area contributed by atoms with Crippen LogP contribution >= 0.6 is 0 Å². The number of carboxylic acids is 1. The van der Waals surface area contributed by atoms with Gasteiger partial charge in [0.05, 0.1) is 0 Å². The number of carbonyl (C=O) groups is 1. The zero-order valence-electron chi connectivity index (χ0n) is 11.6. The number of hydrogen-bond donors (Lipinski definition) is 1. The quantitative estimate of drug-likeness (QED) is 0.224. The van der Waals surface area contributed by atoms with Crippen LogP contribution in [-0.2, 0) is 9.53 Å². The highest BCUT2D eigenvalue weighted by Gasteiger charge is 1.96. The molecule has 0 spiro atoms. The second kappa shape index (κ2) is 14.8. The molecule has 0 saturated heterocycles. The molecule has 0 aromatic heterocycles. The molecule has 0 aliphatic carbocycles. The van der Waals surface area contributed by atoms with Gasteiger partial charge >= 0.3 is 5.97 Å². The van der Waals surface area contributed by atoms with Gasteiger partial charge in [-0.1, -0.05) is 30.8 Å². The van der Waals surface area contributed by atoms with Crippen molar-refractivity contribution in [3.8, 4) is 0 Å². The van der Waals surface area contributed by atoms with Crippen molar-refractivity contribution < 1.29 is 14.6 Å². The van der Waals surface area contributed by atoms with Crippen molar-refractivity contribution in [3.05, 3.63) is 10.4 Å². The van der Waals surface area contributed by atoms with Crippen molar-refractivity contribution in [2.24, 2.45) is 5.11 Å². The standard InChI is InChI=1S/C13H25N3O3/c14-16-15-10-6-2-1-3-7-11-19-12-8-4-5-9-13(17)18/h1-12H2,(H,17,18). The SMILES string of the molecule is [N-]=[N+]=NCCCCCCCOCCCCCC(=O)O. The van der Waals surface area contributed by atoms with Gasteiger partial charge < -0.3 is 9.84 Å². The minimum absolute atomic E-state index is 0.260. The second-order valence-corrected chi connectivity index (χ2v) is 4.54. The fraction of sp³-hybridized carbons (Fsp3) is 0.923. The predicted octanol–water partition coefficient (Wildman–Crippen LogP) is 3.91. The summed E-state index contributed by atoms with van der Waals surface area (Å²) in [4.78, 5) is 13.0. The highest BCUT2D eigenvalue weighted by atomic mass is 16.5. The first kappa shape index (κ1) is 17.7. The largest absolute Gasteiger partial charge is 0.481 e. The average molecular weight is 271 g/mol. The lowest BCUT2D eigenvalue weighted by Crippen LogP contribution is -1.98. The molecule has 1 N–H and O–H groups in total. The molecule has 0 aromatic rings. The molecule has 0 heterocycles. The molecule has 0 amide bonds. The molecule has 0 aliphatic heterocycles. The maximum absolute atomic E-state index is 10.3. The number of ether oxygens (including phenoxy) is 1. The summed E-state index contributed by atoms with van der Waals surface area (Å²) in [6, 6.07) is 0. The van der Waals surface area contributed by atoms with Crippen LogP contribution in [-0.4, -0.2) is 30.8 Å². The average Bonchev–Trinajstić information content (AvgIpc) is 2.39. The van der Waals surface area contributed by atoms with Crippen LogP contribution in [0.3, 0.4) is 0 Å². The Labute approximate surface area is 114 Å². The Morgan fingerprint density at radius 1 is 1.00 bits per heavy atom. The number of hydrogen-bond acceptors (Lipinski definition) is 3. The Bertz CT molecular complexity index is 254. The molecule has 0 aliphatic rings. The van der Waals surface area contributed by atoms with Gasteiger partial charge in [0, 0.05) is 31.1 Å². The topological polar surface area (TPSA) is 95.3 Å². The van der Waals surface area contributed by atoms with E-state index < -0.39 is 5.97 Å². The van der Waals surface area contributed by atoms with Crippen molar-refractivity contribution in [2.75, 3.05) is 19.8 Å². The van der Waals surface area contributed by atoms with Crippen molar-refractivity contribution in [1.29, 1.82) is 0 Å². The number of azide groups is 1. The van der Waals surface area contributed by atoms with E-state index in [4.69, 9.17) is 15.4 Å². The van der Waals surface area contributed by atoms with E-state index in [-0.39, 0.29) is 6.42 Å². The van der Waals surface area contributed by atoms with E-state index in [2.05, 4.69) is 10.0 Å². The van der Waals surface area contributed by atoms with Crippen LogP contribution in [0.5, 0.6) is 0 Å². The molecular weight excluding hydrogens is 246 g/mol. The molecule has 110 valence electrons. The summed E-state index contributed by atoms with van der Waals surface area (Å²) in [5, 5.41) is 11.9. The Morgan fingerprint density at radius 3 is 2.21 bits per heavy atom. The van der Waals surface area contributed by atoms with E-state index >= 15 is 0 Å². The molecule has 0 rings (SSSR count). The molecule has 0 radical (unpaired) electrons. The summed E-state index contributed by atoms with van der Waals surface area (Å²) in [6.45, 7) is 2.12. The summed E-state index contributed by atoms with van der Waals surface area (Å²) < 4.78 is 5.47. The first-order chi connectivity index (χ1) is 9.27. The summed E-state index contributed by atoms with van der Waals surface area (Å²) in [5.74, 6) is -0.721. The van der Waals surface area contributed by atoms with Gasteiger partial charge in [0.2, 0.25) is 0 Å². The summed E-state index contributed by atoms with van der Waals surface area (Å²) in [6.07, 6.45) is 8.31. The second-order valence-electron chi connectivity index (χ2n) is 4.54. The highest BCUT2D eigenvalue weighted by Crippen LogP contribution is 2.04. The number of aliphatic carboxylic acids is 1. The molecule has 6 nitrogen and oxygen atoms in total. The van der Waals surface area contributed by atoms with E-state index in [0.29, 0.717) is 6.54 Å². The van der Waals surface area contributed by atoms with Crippen LogP contribution < -0.4 is 0 Å². The zero-order valence-corrected chi connectivity index (χ0v) is 11.6. The maximum Gasteiger partial charge on any atom is 0.303 e.